The second-order valence-electron chi connectivity index (χ2n) is 5.53. The van der Waals surface area contributed by atoms with Gasteiger partial charge in [0.2, 0.25) is 5.91 Å². The first-order valence-electron chi connectivity index (χ1n) is 7.73. The molecule has 6 heteroatoms. The molecule has 0 saturated heterocycles. The first-order chi connectivity index (χ1) is 11.9. The van der Waals surface area contributed by atoms with Gasteiger partial charge in [-0.3, -0.25) is 9.59 Å². The van der Waals surface area contributed by atoms with Crippen molar-refractivity contribution < 1.29 is 19.1 Å². The van der Waals surface area contributed by atoms with Crippen LogP contribution in [0.2, 0.25) is 0 Å². The van der Waals surface area contributed by atoms with Crippen LogP contribution in [0.25, 0.3) is 0 Å². The molecule has 6 nitrogen and oxygen atoms in total. The van der Waals surface area contributed by atoms with Gasteiger partial charge in [-0.25, -0.2) is 0 Å². The Morgan fingerprint density at radius 2 is 1.32 bits per heavy atom. The molecule has 0 saturated carbocycles. The number of ether oxygens (including phenoxy) is 2. The summed E-state index contributed by atoms with van der Waals surface area (Å²) in [7, 11) is 6.48. The molecule has 0 heterocycles. The molecule has 0 aliphatic rings. The quantitative estimate of drug-likeness (QED) is 0.838. The minimum Gasteiger partial charge on any atom is -0.493 e. The highest BCUT2D eigenvalue weighted by Crippen LogP contribution is 2.29. The minimum atomic E-state index is -0.173. The van der Waals surface area contributed by atoms with E-state index in [-0.39, 0.29) is 11.8 Å². The number of hydrogen-bond donors (Lipinski definition) is 0. The van der Waals surface area contributed by atoms with Gasteiger partial charge in [0.1, 0.15) is 0 Å². The van der Waals surface area contributed by atoms with Crippen LogP contribution in [0.5, 0.6) is 11.5 Å². The highest BCUT2D eigenvalue weighted by molar-refractivity contribution is 6.06. The van der Waals surface area contributed by atoms with Crippen molar-refractivity contribution in [3.63, 3.8) is 0 Å². The third kappa shape index (κ3) is 3.91. The van der Waals surface area contributed by atoms with E-state index in [1.807, 2.05) is 0 Å². The van der Waals surface area contributed by atoms with E-state index in [4.69, 9.17) is 9.47 Å². The fraction of sp³-hybridized carbons (Fsp3) is 0.263. The van der Waals surface area contributed by atoms with Gasteiger partial charge in [-0.05, 0) is 42.5 Å². The van der Waals surface area contributed by atoms with Crippen molar-refractivity contribution in [2.75, 3.05) is 38.1 Å². The lowest BCUT2D eigenvalue weighted by atomic mass is 10.1. The second kappa shape index (κ2) is 7.70. The number of anilines is 2. The van der Waals surface area contributed by atoms with Gasteiger partial charge in [0.15, 0.2) is 11.5 Å². The van der Waals surface area contributed by atoms with Crippen LogP contribution in [-0.4, -0.2) is 40.1 Å². The van der Waals surface area contributed by atoms with E-state index in [2.05, 4.69) is 0 Å². The standard InChI is InChI=1S/C19H22N2O4/c1-13(22)20(2)15-7-9-16(10-8-15)21(3)19(23)14-6-11-17(24-4)18(12-14)25-5/h6-12H,1-5H3. The average Bonchev–Trinajstić information content (AvgIpc) is 2.65. The van der Waals surface area contributed by atoms with Crippen LogP contribution in [0.3, 0.4) is 0 Å². The predicted octanol–water partition coefficient (Wildman–Crippen LogP) is 2.96. The molecule has 132 valence electrons. The van der Waals surface area contributed by atoms with E-state index in [1.54, 1.807) is 73.5 Å². The molecule has 0 unspecified atom stereocenters. The summed E-state index contributed by atoms with van der Waals surface area (Å²) in [5, 5.41) is 0. The van der Waals surface area contributed by atoms with E-state index < -0.39 is 0 Å². The van der Waals surface area contributed by atoms with Crippen LogP contribution in [0.15, 0.2) is 42.5 Å². The molecule has 0 aliphatic carbocycles. The van der Waals surface area contributed by atoms with E-state index in [1.165, 1.54) is 14.0 Å². The van der Waals surface area contributed by atoms with Crippen molar-refractivity contribution in [2.45, 2.75) is 6.92 Å². The Balaban J connectivity index is 2.23. The largest absolute Gasteiger partial charge is 0.493 e. The van der Waals surface area contributed by atoms with Gasteiger partial charge in [-0.15, -0.1) is 0 Å². The van der Waals surface area contributed by atoms with E-state index in [0.29, 0.717) is 17.1 Å². The first kappa shape index (κ1) is 18.3. The highest BCUT2D eigenvalue weighted by Gasteiger charge is 2.16. The smallest absolute Gasteiger partial charge is 0.258 e. The summed E-state index contributed by atoms with van der Waals surface area (Å²) in [5.41, 5.74) is 1.98. The zero-order valence-corrected chi connectivity index (χ0v) is 15.1. The number of benzene rings is 2. The molecule has 0 radical (unpaired) electrons. The lowest BCUT2D eigenvalue weighted by Gasteiger charge is -2.20. The van der Waals surface area contributed by atoms with Crippen molar-refractivity contribution in [3.8, 4) is 11.5 Å². The van der Waals surface area contributed by atoms with Crippen molar-refractivity contribution in [3.05, 3.63) is 48.0 Å². The highest BCUT2D eigenvalue weighted by atomic mass is 16.5. The average molecular weight is 342 g/mol. The topological polar surface area (TPSA) is 59.1 Å². The molecule has 0 fully saturated rings. The monoisotopic (exact) mass is 342 g/mol. The summed E-state index contributed by atoms with van der Waals surface area (Å²) >= 11 is 0. The first-order valence-corrected chi connectivity index (χ1v) is 7.73. The van der Waals surface area contributed by atoms with E-state index in [9.17, 15) is 9.59 Å². The fourth-order valence-corrected chi connectivity index (χ4v) is 2.36. The predicted molar refractivity (Wildman–Crippen MR) is 97.8 cm³/mol. The molecule has 2 aromatic carbocycles. The maximum Gasteiger partial charge on any atom is 0.258 e. The van der Waals surface area contributed by atoms with Crippen molar-refractivity contribution >= 4 is 23.2 Å². The number of carbonyl (C=O) groups is 2. The molecular weight excluding hydrogens is 320 g/mol. The molecule has 0 atom stereocenters. The van der Waals surface area contributed by atoms with E-state index >= 15 is 0 Å². The molecule has 0 N–H and O–H groups in total. The van der Waals surface area contributed by atoms with Gasteiger partial charge >= 0.3 is 0 Å². The Labute approximate surface area is 147 Å². The maximum atomic E-state index is 12.7. The van der Waals surface area contributed by atoms with Crippen LogP contribution in [-0.2, 0) is 4.79 Å². The number of amides is 2. The minimum absolute atomic E-state index is 0.0532. The number of nitrogens with zero attached hydrogens (tertiary/aromatic N) is 2. The Kier molecular flexibility index (Phi) is 5.64. The molecule has 0 spiro atoms. The van der Waals surface area contributed by atoms with Gasteiger partial charge in [0.25, 0.3) is 5.91 Å². The fourth-order valence-electron chi connectivity index (χ4n) is 2.36. The Hall–Kier alpha value is -3.02. The molecular formula is C19H22N2O4. The lowest BCUT2D eigenvalue weighted by molar-refractivity contribution is -0.116. The SMILES string of the molecule is COc1ccc(C(=O)N(C)c2ccc(N(C)C(C)=O)cc2)cc1OC. The number of hydrogen-bond acceptors (Lipinski definition) is 4. The molecule has 0 aliphatic heterocycles. The molecule has 2 amide bonds. The molecule has 0 aromatic heterocycles. The summed E-state index contributed by atoms with van der Waals surface area (Å²) in [6.45, 7) is 1.50. The molecule has 25 heavy (non-hydrogen) atoms. The van der Waals surface area contributed by atoms with Gasteiger partial charge in [0, 0.05) is 38.0 Å². The summed E-state index contributed by atoms with van der Waals surface area (Å²) in [4.78, 5) is 27.2. The van der Waals surface area contributed by atoms with E-state index in [0.717, 1.165) is 11.4 Å². The van der Waals surface area contributed by atoms with Gasteiger partial charge in [-0.1, -0.05) is 0 Å². The molecule has 2 aromatic rings. The van der Waals surface area contributed by atoms with Crippen LogP contribution < -0.4 is 19.3 Å². The van der Waals surface area contributed by atoms with Gasteiger partial charge in [0.05, 0.1) is 14.2 Å². The third-order valence-corrected chi connectivity index (χ3v) is 4.03. The van der Waals surface area contributed by atoms with Gasteiger partial charge in [-0.2, -0.15) is 0 Å². The second-order valence-corrected chi connectivity index (χ2v) is 5.53. The van der Waals surface area contributed by atoms with Crippen LogP contribution in [0.1, 0.15) is 17.3 Å². The Bertz CT molecular complexity index is 771. The van der Waals surface area contributed by atoms with Crippen LogP contribution in [0.4, 0.5) is 11.4 Å². The van der Waals surface area contributed by atoms with Crippen molar-refractivity contribution in [1.29, 1.82) is 0 Å². The van der Waals surface area contributed by atoms with Gasteiger partial charge < -0.3 is 19.3 Å². The summed E-state index contributed by atoms with van der Waals surface area (Å²) in [6.07, 6.45) is 0. The summed E-state index contributed by atoms with van der Waals surface area (Å²) < 4.78 is 10.4. The zero-order valence-electron chi connectivity index (χ0n) is 15.1. The third-order valence-electron chi connectivity index (χ3n) is 4.03. The number of methoxy groups -OCH3 is 2. The van der Waals surface area contributed by atoms with Crippen molar-refractivity contribution in [2.24, 2.45) is 0 Å². The Morgan fingerprint density at radius 3 is 1.80 bits per heavy atom. The van der Waals surface area contributed by atoms with Crippen LogP contribution >= 0.6 is 0 Å². The Morgan fingerprint density at radius 1 is 0.800 bits per heavy atom. The number of carbonyl (C=O) groups excluding carboxylic acids is 2. The molecule has 2 rings (SSSR count). The molecule has 0 bridgehead atoms. The van der Waals surface area contributed by atoms with Crippen LogP contribution in [0, 0.1) is 0 Å². The summed E-state index contributed by atoms with van der Waals surface area (Å²) in [6, 6.07) is 12.2. The normalized spacial score (nSPS) is 10.1. The zero-order chi connectivity index (χ0) is 18.6. The lowest BCUT2D eigenvalue weighted by Crippen LogP contribution is -2.26. The summed E-state index contributed by atoms with van der Waals surface area (Å²) in [5.74, 6) is 0.842. The maximum absolute atomic E-state index is 12.7. The number of rotatable bonds is 5. The van der Waals surface area contributed by atoms with Crippen molar-refractivity contribution in [1.82, 2.24) is 0 Å².